The van der Waals surface area contributed by atoms with Gasteiger partial charge in [-0.1, -0.05) is 12.1 Å². The van der Waals surface area contributed by atoms with Crippen molar-refractivity contribution in [3.63, 3.8) is 0 Å². The Labute approximate surface area is 143 Å². The van der Waals surface area contributed by atoms with Crippen molar-refractivity contribution in [1.29, 1.82) is 0 Å². The number of ether oxygens (including phenoxy) is 2. The van der Waals surface area contributed by atoms with Crippen LogP contribution in [0.1, 0.15) is 11.1 Å². The van der Waals surface area contributed by atoms with Crippen molar-refractivity contribution in [2.75, 3.05) is 33.1 Å². The molecule has 0 aliphatic heterocycles. The molecular formula is C19H25N2O3+. The van der Waals surface area contributed by atoms with E-state index in [0.717, 1.165) is 33.2 Å². The number of benzene rings is 2. The molecule has 1 unspecified atom stereocenters. The Morgan fingerprint density at radius 1 is 1.12 bits per heavy atom. The smallest absolute Gasteiger partial charge is 0.279 e. The predicted octanol–water partition coefficient (Wildman–Crippen LogP) is 1.67. The number of nitrogens with one attached hydrogen (secondary N) is 2. The van der Waals surface area contributed by atoms with Crippen molar-refractivity contribution < 1.29 is 19.2 Å². The van der Waals surface area contributed by atoms with Crippen molar-refractivity contribution in [1.82, 2.24) is 0 Å². The van der Waals surface area contributed by atoms with Crippen LogP contribution < -0.4 is 19.7 Å². The van der Waals surface area contributed by atoms with Crippen molar-refractivity contribution in [2.45, 2.75) is 13.5 Å². The topological polar surface area (TPSA) is 52.0 Å². The molecule has 24 heavy (non-hydrogen) atoms. The summed E-state index contributed by atoms with van der Waals surface area (Å²) in [5.74, 6) is 1.52. The van der Waals surface area contributed by atoms with E-state index in [1.165, 1.54) is 0 Å². The van der Waals surface area contributed by atoms with Crippen LogP contribution >= 0.6 is 0 Å². The Morgan fingerprint density at radius 2 is 1.92 bits per heavy atom. The minimum atomic E-state index is -0.00872. The second kappa shape index (κ2) is 8.36. The fourth-order valence-corrected chi connectivity index (χ4v) is 2.59. The number of quaternary nitrogens is 1. The summed E-state index contributed by atoms with van der Waals surface area (Å²) < 4.78 is 10.6. The van der Waals surface area contributed by atoms with Crippen LogP contribution in [-0.2, 0) is 11.3 Å². The van der Waals surface area contributed by atoms with Gasteiger partial charge in [-0.15, -0.1) is 0 Å². The van der Waals surface area contributed by atoms with Crippen molar-refractivity contribution in [3.8, 4) is 11.5 Å². The average molecular weight is 329 g/mol. The van der Waals surface area contributed by atoms with Gasteiger partial charge < -0.3 is 19.7 Å². The van der Waals surface area contributed by atoms with E-state index >= 15 is 0 Å². The van der Waals surface area contributed by atoms with Gasteiger partial charge in [0.15, 0.2) is 6.54 Å². The van der Waals surface area contributed by atoms with Gasteiger partial charge in [0.2, 0.25) is 0 Å². The Bertz CT molecular complexity index is 701. The highest BCUT2D eigenvalue weighted by molar-refractivity contribution is 5.91. The summed E-state index contributed by atoms with van der Waals surface area (Å²) in [5.41, 5.74) is 2.99. The maximum atomic E-state index is 12.2. The van der Waals surface area contributed by atoms with Crippen molar-refractivity contribution in [2.24, 2.45) is 0 Å². The monoisotopic (exact) mass is 329 g/mol. The number of aryl methyl sites for hydroxylation is 1. The maximum absolute atomic E-state index is 12.2. The molecule has 0 aliphatic carbocycles. The lowest BCUT2D eigenvalue weighted by Crippen LogP contribution is -3.08. The van der Waals surface area contributed by atoms with E-state index in [-0.39, 0.29) is 5.91 Å². The zero-order chi connectivity index (χ0) is 17.5. The largest absolute Gasteiger partial charge is 0.497 e. The minimum Gasteiger partial charge on any atom is -0.497 e. The molecule has 0 saturated heterocycles. The van der Waals surface area contributed by atoms with E-state index in [9.17, 15) is 4.79 Å². The maximum Gasteiger partial charge on any atom is 0.279 e. The number of anilines is 1. The minimum absolute atomic E-state index is 0.00872. The first-order chi connectivity index (χ1) is 11.5. The molecule has 0 radical (unpaired) electrons. The van der Waals surface area contributed by atoms with E-state index in [0.29, 0.717) is 13.1 Å². The van der Waals surface area contributed by atoms with Crippen LogP contribution in [0.3, 0.4) is 0 Å². The molecule has 2 aromatic carbocycles. The predicted molar refractivity (Wildman–Crippen MR) is 94.8 cm³/mol. The third kappa shape index (κ3) is 4.99. The van der Waals surface area contributed by atoms with Gasteiger partial charge in [0.05, 0.1) is 21.3 Å². The Kier molecular flexibility index (Phi) is 6.21. The highest BCUT2D eigenvalue weighted by Gasteiger charge is 2.14. The fourth-order valence-electron chi connectivity index (χ4n) is 2.59. The lowest BCUT2D eigenvalue weighted by atomic mass is 10.1. The van der Waals surface area contributed by atoms with Gasteiger partial charge in [-0.2, -0.15) is 0 Å². The number of hydrogen-bond donors (Lipinski definition) is 2. The molecule has 5 nitrogen and oxygen atoms in total. The zero-order valence-corrected chi connectivity index (χ0v) is 14.7. The van der Waals surface area contributed by atoms with Gasteiger partial charge in [0, 0.05) is 17.3 Å². The van der Waals surface area contributed by atoms with Gasteiger partial charge >= 0.3 is 0 Å². The molecule has 2 N–H and O–H groups in total. The zero-order valence-electron chi connectivity index (χ0n) is 14.7. The molecule has 0 saturated carbocycles. The molecule has 5 heteroatoms. The van der Waals surface area contributed by atoms with E-state index in [1.807, 2.05) is 56.4 Å². The Morgan fingerprint density at radius 3 is 2.58 bits per heavy atom. The van der Waals surface area contributed by atoms with Gasteiger partial charge in [0.25, 0.3) is 5.91 Å². The molecular weight excluding hydrogens is 304 g/mol. The Balaban J connectivity index is 1.95. The number of hydrogen-bond acceptors (Lipinski definition) is 3. The van der Waals surface area contributed by atoms with Crippen LogP contribution in [0.5, 0.6) is 11.5 Å². The summed E-state index contributed by atoms with van der Waals surface area (Å²) >= 11 is 0. The van der Waals surface area contributed by atoms with E-state index in [2.05, 4.69) is 5.32 Å². The summed E-state index contributed by atoms with van der Waals surface area (Å²) in [6.07, 6.45) is 0. The van der Waals surface area contributed by atoms with Crippen LogP contribution in [0.15, 0.2) is 42.5 Å². The molecule has 2 aromatic rings. The third-order valence-electron chi connectivity index (χ3n) is 3.75. The van der Waals surface area contributed by atoms with Crippen molar-refractivity contribution >= 4 is 11.6 Å². The molecule has 1 amide bonds. The van der Waals surface area contributed by atoms with Gasteiger partial charge in [-0.25, -0.2) is 0 Å². The third-order valence-corrected chi connectivity index (χ3v) is 3.75. The number of methoxy groups -OCH3 is 2. The van der Waals surface area contributed by atoms with E-state index < -0.39 is 0 Å². The normalized spacial score (nSPS) is 11.7. The molecule has 0 fully saturated rings. The van der Waals surface area contributed by atoms with Crippen LogP contribution in [0, 0.1) is 6.92 Å². The van der Waals surface area contributed by atoms with Crippen LogP contribution in [0.4, 0.5) is 5.69 Å². The van der Waals surface area contributed by atoms with Gasteiger partial charge in [0.1, 0.15) is 18.0 Å². The number of likely N-dealkylation sites (N-methyl/N-ethyl adjacent to an activating group) is 1. The second-order valence-corrected chi connectivity index (χ2v) is 5.91. The summed E-state index contributed by atoms with van der Waals surface area (Å²) in [7, 11) is 5.25. The highest BCUT2D eigenvalue weighted by atomic mass is 16.5. The molecule has 2 rings (SSSR count). The average Bonchev–Trinajstić information content (AvgIpc) is 2.54. The molecule has 0 heterocycles. The molecule has 128 valence electrons. The van der Waals surface area contributed by atoms with Crippen LogP contribution in [-0.4, -0.2) is 33.7 Å². The number of carbonyl (C=O) groups is 1. The first-order valence-electron chi connectivity index (χ1n) is 7.90. The quantitative estimate of drug-likeness (QED) is 0.812. The highest BCUT2D eigenvalue weighted by Crippen LogP contribution is 2.23. The van der Waals surface area contributed by atoms with E-state index in [4.69, 9.17) is 9.47 Å². The second-order valence-electron chi connectivity index (χ2n) is 5.91. The SMILES string of the molecule is COc1ccc(C[NH+](C)CC(=O)Nc2cccc(C)c2)c(OC)c1. The molecule has 0 aliphatic rings. The summed E-state index contributed by atoms with van der Waals surface area (Å²) in [4.78, 5) is 13.3. The van der Waals surface area contributed by atoms with Crippen LogP contribution in [0.25, 0.3) is 0 Å². The Hall–Kier alpha value is -2.53. The fraction of sp³-hybridized carbons (Fsp3) is 0.316. The van der Waals surface area contributed by atoms with Gasteiger partial charge in [-0.05, 0) is 36.8 Å². The molecule has 0 spiro atoms. The van der Waals surface area contributed by atoms with Gasteiger partial charge in [-0.3, -0.25) is 4.79 Å². The number of amides is 1. The summed E-state index contributed by atoms with van der Waals surface area (Å²) in [5, 5.41) is 2.94. The summed E-state index contributed by atoms with van der Waals surface area (Å²) in [6, 6.07) is 13.5. The molecule has 0 aromatic heterocycles. The number of carbonyl (C=O) groups excluding carboxylic acids is 1. The van der Waals surface area contributed by atoms with Crippen molar-refractivity contribution in [3.05, 3.63) is 53.6 Å². The first-order valence-corrected chi connectivity index (χ1v) is 7.90. The lowest BCUT2D eigenvalue weighted by Gasteiger charge is -2.16. The molecule has 0 bridgehead atoms. The van der Waals surface area contributed by atoms with Crippen LogP contribution in [0.2, 0.25) is 0 Å². The molecule has 1 atom stereocenters. The first kappa shape index (κ1) is 17.8. The lowest BCUT2D eigenvalue weighted by molar-refractivity contribution is -0.885. The summed E-state index contributed by atoms with van der Waals surface area (Å²) in [6.45, 7) is 3.07. The van der Waals surface area contributed by atoms with E-state index in [1.54, 1.807) is 14.2 Å². The number of rotatable bonds is 7. The standard InChI is InChI=1S/C19H24N2O3/c1-14-6-5-7-16(10-14)20-19(22)13-21(2)12-15-8-9-17(23-3)11-18(15)24-4/h5-11H,12-13H2,1-4H3,(H,20,22)/p+1.